The molecule has 0 heteroatoms. The fourth-order valence-corrected chi connectivity index (χ4v) is 0.831. The summed E-state index contributed by atoms with van der Waals surface area (Å²) in [6, 6.07) is 0. The van der Waals surface area contributed by atoms with Gasteiger partial charge >= 0.3 is 0 Å². The molecule has 6 heavy (non-hydrogen) atoms. The van der Waals surface area contributed by atoms with Crippen LogP contribution < -0.4 is 0 Å². The first-order valence-electron chi connectivity index (χ1n) is 2.55. The molecular formula is C6H10. The van der Waals surface area contributed by atoms with E-state index < -0.39 is 0 Å². The van der Waals surface area contributed by atoms with Crippen molar-refractivity contribution in [3.8, 4) is 0 Å². The third-order valence-corrected chi connectivity index (χ3v) is 1.27. The van der Waals surface area contributed by atoms with Gasteiger partial charge < -0.3 is 0 Å². The zero-order valence-electron chi connectivity index (χ0n) is 4.20. The quantitative estimate of drug-likeness (QED) is 0.393. The minimum Gasteiger partial charge on any atom is -0.0856 e. The van der Waals surface area contributed by atoms with E-state index in [0.717, 1.165) is 0 Å². The van der Waals surface area contributed by atoms with E-state index in [-0.39, 0.29) is 0 Å². The van der Waals surface area contributed by atoms with E-state index in [4.69, 9.17) is 0 Å². The Morgan fingerprint density at radius 2 is 2.50 bits per heavy atom. The van der Waals surface area contributed by atoms with Gasteiger partial charge in [0.05, 0.1) is 0 Å². The highest BCUT2D eigenvalue weighted by atomic mass is 14.0. The van der Waals surface area contributed by atoms with Crippen LogP contribution in [0.5, 0.6) is 0 Å². The fraction of sp³-hybridized carbons (Fsp3) is 0.667. The molecule has 0 N–H and O–H groups in total. The van der Waals surface area contributed by atoms with Gasteiger partial charge in [0.2, 0.25) is 0 Å². The van der Waals surface area contributed by atoms with E-state index in [2.05, 4.69) is 13.0 Å². The van der Waals surface area contributed by atoms with E-state index in [1.165, 1.54) is 19.3 Å². The summed E-state index contributed by atoms with van der Waals surface area (Å²) in [4.78, 5) is 0. The lowest BCUT2D eigenvalue weighted by molar-refractivity contribution is 0.907. The predicted molar refractivity (Wildman–Crippen MR) is 27.6 cm³/mol. The maximum atomic E-state index is 2.32. The van der Waals surface area contributed by atoms with Crippen LogP contribution in [0, 0.1) is 0 Å². The lowest BCUT2D eigenvalue weighted by Gasteiger charge is -1.79. The minimum atomic E-state index is 1.33. The highest BCUT2D eigenvalue weighted by Crippen LogP contribution is 2.15. The zero-order valence-corrected chi connectivity index (χ0v) is 4.20. The van der Waals surface area contributed by atoms with Crippen LogP contribution in [-0.4, -0.2) is 0 Å². The number of allylic oxidation sites excluding steroid dienone is 2. The smallest absolute Gasteiger partial charge is 0.0320 e. The molecule has 34 valence electrons. The molecule has 1 aliphatic rings. The lowest BCUT2D eigenvalue weighted by Crippen LogP contribution is -1.59. The second kappa shape index (κ2) is 1.46. The van der Waals surface area contributed by atoms with E-state index in [1.807, 2.05) is 0 Å². The Morgan fingerprint density at radius 3 is 2.67 bits per heavy atom. The minimum absolute atomic E-state index is 1.33. The first-order chi connectivity index (χ1) is 2.89. The van der Waals surface area contributed by atoms with Crippen LogP contribution in [0.1, 0.15) is 26.2 Å². The van der Waals surface area contributed by atoms with Crippen molar-refractivity contribution in [2.45, 2.75) is 26.2 Å². The van der Waals surface area contributed by atoms with Crippen molar-refractivity contribution in [1.82, 2.24) is 0 Å². The van der Waals surface area contributed by atoms with Crippen LogP contribution in [0.4, 0.5) is 0 Å². The monoisotopic (exact) mass is 82.1 g/mol. The van der Waals surface area contributed by atoms with E-state index >= 15 is 0 Å². The summed E-state index contributed by atoms with van der Waals surface area (Å²) >= 11 is 0. The average molecular weight is 82.1 g/mol. The summed E-state index contributed by atoms with van der Waals surface area (Å²) in [5, 5.41) is 0. The molecular weight excluding hydrogens is 72.1 g/mol. The molecule has 0 aromatic heterocycles. The van der Waals surface area contributed by atoms with Crippen LogP contribution in [0.2, 0.25) is 0 Å². The van der Waals surface area contributed by atoms with Gasteiger partial charge in [-0.15, -0.1) is 0 Å². The SMILES string of the molecule is CC1=CCCC1. The van der Waals surface area contributed by atoms with Gasteiger partial charge in [-0.25, -0.2) is 0 Å². The third-order valence-electron chi connectivity index (χ3n) is 1.27. The topological polar surface area (TPSA) is 0 Å². The van der Waals surface area contributed by atoms with Crippen molar-refractivity contribution in [3.05, 3.63) is 11.6 Å². The standard InChI is InChI=1S/C6H10/c1-6-4-2-3-5-6/h4H,2-3,5H2,1H3. The van der Waals surface area contributed by atoms with Crippen molar-refractivity contribution in [2.24, 2.45) is 0 Å². The zero-order chi connectivity index (χ0) is 4.41. The van der Waals surface area contributed by atoms with E-state index in [1.54, 1.807) is 5.57 Å². The number of hydrogen-bond donors (Lipinski definition) is 0. The van der Waals surface area contributed by atoms with E-state index in [9.17, 15) is 0 Å². The van der Waals surface area contributed by atoms with Crippen molar-refractivity contribution < 1.29 is 0 Å². The Kier molecular flexibility index (Phi) is 0.952. The van der Waals surface area contributed by atoms with Crippen LogP contribution in [0.15, 0.2) is 11.6 Å². The maximum Gasteiger partial charge on any atom is -0.0320 e. The van der Waals surface area contributed by atoms with Crippen molar-refractivity contribution in [3.63, 3.8) is 0 Å². The van der Waals surface area contributed by atoms with Gasteiger partial charge in [-0.2, -0.15) is 0 Å². The van der Waals surface area contributed by atoms with Gasteiger partial charge in [0.25, 0.3) is 0 Å². The molecule has 0 nitrogen and oxygen atoms in total. The van der Waals surface area contributed by atoms with Crippen molar-refractivity contribution in [1.29, 1.82) is 0 Å². The lowest BCUT2D eigenvalue weighted by atomic mass is 10.3. The van der Waals surface area contributed by atoms with Crippen LogP contribution in [-0.2, 0) is 0 Å². The molecule has 1 rings (SSSR count). The summed E-state index contributed by atoms with van der Waals surface area (Å²) in [5.41, 5.74) is 1.58. The Bertz CT molecular complexity index is 70.1. The molecule has 0 bridgehead atoms. The van der Waals surface area contributed by atoms with Gasteiger partial charge in [-0.1, -0.05) is 11.6 Å². The second-order valence-corrected chi connectivity index (χ2v) is 1.94. The molecule has 0 radical (unpaired) electrons. The third kappa shape index (κ3) is 0.618. The van der Waals surface area contributed by atoms with Gasteiger partial charge in [0.15, 0.2) is 0 Å². The molecule has 0 unspecified atom stereocenters. The predicted octanol–water partition coefficient (Wildman–Crippen LogP) is 2.12. The first-order valence-corrected chi connectivity index (χ1v) is 2.55. The fourth-order valence-electron chi connectivity index (χ4n) is 0.831. The Hall–Kier alpha value is -0.260. The van der Waals surface area contributed by atoms with Crippen LogP contribution in [0.25, 0.3) is 0 Å². The molecule has 0 fully saturated rings. The Morgan fingerprint density at radius 1 is 1.67 bits per heavy atom. The van der Waals surface area contributed by atoms with Gasteiger partial charge in [-0.3, -0.25) is 0 Å². The molecule has 0 aromatic carbocycles. The Labute approximate surface area is 38.9 Å². The second-order valence-electron chi connectivity index (χ2n) is 1.94. The molecule has 0 saturated heterocycles. The van der Waals surface area contributed by atoms with Crippen LogP contribution in [0.3, 0.4) is 0 Å². The highest BCUT2D eigenvalue weighted by Gasteiger charge is 1.94. The summed E-state index contributed by atoms with van der Waals surface area (Å²) in [5.74, 6) is 0. The van der Waals surface area contributed by atoms with Crippen molar-refractivity contribution in [2.75, 3.05) is 0 Å². The number of rotatable bonds is 0. The molecule has 1 aliphatic carbocycles. The van der Waals surface area contributed by atoms with E-state index in [0.29, 0.717) is 0 Å². The molecule has 0 amide bonds. The number of hydrogen-bond acceptors (Lipinski definition) is 0. The average Bonchev–Trinajstić information content (AvgIpc) is 1.86. The molecule has 0 aromatic rings. The normalized spacial score (nSPS) is 21.2. The largest absolute Gasteiger partial charge is 0.0856 e. The molecule has 0 saturated carbocycles. The maximum absolute atomic E-state index is 2.32. The summed E-state index contributed by atoms with van der Waals surface area (Å²) < 4.78 is 0. The van der Waals surface area contributed by atoms with Gasteiger partial charge in [0, 0.05) is 0 Å². The summed E-state index contributed by atoms with van der Waals surface area (Å²) in [6.07, 6.45) is 6.39. The Balaban J connectivity index is 2.45. The van der Waals surface area contributed by atoms with Gasteiger partial charge in [-0.05, 0) is 26.2 Å². The molecule has 0 atom stereocenters. The first kappa shape index (κ1) is 3.91. The van der Waals surface area contributed by atoms with Crippen molar-refractivity contribution >= 4 is 0 Å². The molecule has 0 heterocycles. The molecule has 0 spiro atoms. The van der Waals surface area contributed by atoms with Crippen LogP contribution >= 0.6 is 0 Å². The van der Waals surface area contributed by atoms with Gasteiger partial charge in [0.1, 0.15) is 0 Å². The summed E-state index contributed by atoms with van der Waals surface area (Å²) in [7, 11) is 0. The molecule has 0 aliphatic heterocycles. The highest BCUT2D eigenvalue weighted by molar-refractivity contribution is 5.02. The summed E-state index contributed by atoms with van der Waals surface area (Å²) in [6.45, 7) is 2.20.